The van der Waals surface area contributed by atoms with E-state index in [0.29, 0.717) is 10.5 Å². The van der Waals surface area contributed by atoms with Crippen LogP contribution in [0.3, 0.4) is 0 Å². The summed E-state index contributed by atoms with van der Waals surface area (Å²) in [6.45, 7) is 0. The zero-order valence-electron chi connectivity index (χ0n) is 8.79. The predicted molar refractivity (Wildman–Crippen MR) is 62.8 cm³/mol. The number of benzene rings is 1. The molecule has 1 aromatic heterocycles. The predicted octanol–water partition coefficient (Wildman–Crippen LogP) is 2.15. The van der Waals surface area contributed by atoms with Crippen LogP contribution in [-0.2, 0) is 9.84 Å². The minimum atomic E-state index is -3.21. The summed E-state index contributed by atoms with van der Waals surface area (Å²) in [7, 11) is -3.21. The van der Waals surface area contributed by atoms with Gasteiger partial charge in [0.05, 0.1) is 4.90 Å². The van der Waals surface area contributed by atoms with E-state index in [9.17, 15) is 8.42 Å². The van der Waals surface area contributed by atoms with E-state index in [1.807, 2.05) is 12.1 Å². The Morgan fingerprint density at radius 2 is 1.81 bits per heavy atom. The average molecular weight is 233 g/mol. The molecule has 4 heteroatoms. The topological polar surface area (TPSA) is 47.0 Å². The molecule has 0 aliphatic rings. The number of hydrogen-bond donors (Lipinski definition) is 0. The van der Waals surface area contributed by atoms with Crippen LogP contribution in [0.5, 0.6) is 0 Å². The van der Waals surface area contributed by atoms with Gasteiger partial charge in [0.2, 0.25) is 0 Å². The Kier molecular flexibility index (Phi) is 2.75. The Hall–Kier alpha value is -1.68. The van der Waals surface area contributed by atoms with Crippen LogP contribution in [0, 0.1) is 0 Å². The Morgan fingerprint density at radius 1 is 1.06 bits per heavy atom. The number of sulfone groups is 1. The molecule has 0 aliphatic carbocycles. The second-order valence-corrected chi connectivity index (χ2v) is 5.49. The Morgan fingerprint density at radius 3 is 2.44 bits per heavy atom. The van der Waals surface area contributed by atoms with Gasteiger partial charge in [0.1, 0.15) is 0 Å². The number of pyridine rings is 1. The first-order chi connectivity index (χ1) is 7.59. The zero-order valence-corrected chi connectivity index (χ0v) is 9.61. The third-order valence-corrected chi connectivity index (χ3v) is 3.41. The van der Waals surface area contributed by atoms with Gasteiger partial charge in [-0.2, -0.15) is 0 Å². The van der Waals surface area contributed by atoms with Crippen LogP contribution in [0.15, 0.2) is 53.7 Å². The van der Waals surface area contributed by atoms with Crippen molar-refractivity contribution in [1.82, 2.24) is 4.98 Å². The van der Waals surface area contributed by atoms with Gasteiger partial charge in [-0.3, -0.25) is 4.98 Å². The standard InChI is InChI=1S/C12H11NO2S/c1-16(14,15)12-7-3-2-6-11(12)10-5-4-8-13-9-10/h2-9H,1H3. The molecule has 3 nitrogen and oxygen atoms in total. The second kappa shape index (κ2) is 4.06. The van der Waals surface area contributed by atoms with Crippen molar-refractivity contribution in [3.63, 3.8) is 0 Å². The monoisotopic (exact) mass is 233 g/mol. The molecule has 0 N–H and O–H groups in total. The highest BCUT2D eigenvalue weighted by atomic mass is 32.2. The lowest BCUT2D eigenvalue weighted by Gasteiger charge is -2.06. The molecular formula is C12H11NO2S. The van der Waals surface area contributed by atoms with Crippen molar-refractivity contribution in [3.05, 3.63) is 48.8 Å². The van der Waals surface area contributed by atoms with E-state index in [1.165, 1.54) is 6.26 Å². The van der Waals surface area contributed by atoms with E-state index in [0.717, 1.165) is 5.56 Å². The molecule has 2 aromatic rings. The largest absolute Gasteiger partial charge is 0.264 e. The first-order valence-corrected chi connectivity index (χ1v) is 6.67. The molecule has 0 saturated heterocycles. The van der Waals surface area contributed by atoms with Crippen LogP contribution in [-0.4, -0.2) is 19.7 Å². The smallest absolute Gasteiger partial charge is 0.176 e. The minimum Gasteiger partial charge on any atom is -0.264 e. The van der Waals surface area contributed by atoms with Crippen molar-refractivity contribution < 1.29 is 8.42 Å². The molecule has 0 atom stereocenters. The number of nitrogens with zero attached hydrogens (tertiary/aromatic N) is 1. The van der Waals surface area contributed by atoms with Crippen LogP contribution in [0.25, 0.3) is 11.1 Å². The fourth-order valence-corrected chi connectivity index (χ4v) is 2.46. The number of rotatable bonds is 2. The molecule has 0 amide bonds. The van der Waals surface area contributed by atoms with Crippen molar-refractivity contribution in [2.75, 3.05) is 6.26 Å². The summed E-state index contributed by atoms with van der Waals surface area (Å²) < 4.78 is 23.2. The van der Waals surface area contributed by atoms with E-state index >= 15 is 0 Å². The highest BCUT2D eigenvalue weighted by Crippen LogP contribution is 2.26. The molecule has 16 heavy (non-hydrogen) atoms. The molecule has 82 valence electrons. The zero-order chi connectivity index (χ0) is 11.6. The summed E-state index contributed by atoms with van der Waals surface area (Å²) in [6, 6.07) is 10.6. The summed E-state index contributed by atoms with van der Waals surface area (Å²) in [5.74, 6) is 0. The average Bonchev–Trinajstić information content (AvgIpc) is 2.29. The van der Waals surface area contributed by atoms with Gasteiger partial charge in [-0.15, -0.1) is 0 Å². The molecule has 0 spiro atoms. The lowest BCUT2D eigenvalue weighted by atomic mass is 10.1. The summed E-state index contributed by atoms with van der Waals surface area (Å²) in [6.07, 6.45) is 4.53. The number of aromatic nitrogens is 1. The van der Waals surface area contributed by atoms with Gasteiger partial charge in [-0.25, -0.2) is 8.42 Å². The van der Waals surface area contributed by atoms with Gasteiger partial charge in [0.25, 0.3) is 0 Å². The fraction of sp³-hybridized carbons (Fsp3) is 0.0833. The van der Waals surface area contributed by atoms with Gasteiger partial charge < -0.3 is 0 Å². The maximum Gasteiger partial charge on any atom is 0.176 e. The SMILES string of the molecule is CS(=O)(=O)c1ccccc1-c1cccnc1. The van der Waals surface area contributed by atoms with Crippen molar-refractivity contribution in [2.24, 2.45) is 0 Å². The van der Waals surface area contributed by atoms with E-state index in [4.69, 9.17) is 0 Å². The quantitative estimate of drug-likeness (QED) is 0.798. The van der Waals surface area contributed by atoms with E-state index in [1.54, 1.807) is 36.7 Å². The maximum atomic E-state index is 11.6. The normalized spacial score (nSPS) is 11.3. The number of hydrogen-bond acceptors (Lipinski definition) is 3. The van der Waals surface area contributed by atoms with Crippen LogP contribution in [0.1, 0.15) is 0 Å². The third-order valence-electron chi connectivity index (χ3n) is 2.26. The van der Waals surface area contributed by atoms with Gasteiger partial charge in [-0.1, -0.05) is 24.3 Å². The van der Waals surface area contributed by atoms with Crippen molar-refractivity contribution >= 4 is 9.84 Å². The molecule has 0 aliphatic heterocycles. The van der Waals surface area contributed by atoms with Crippen molar-refractivity contribution in [1.29, 1.82) is 0 Å². The van der Waals surface area contributed by atoms with Crippen LogP contribution in [0.4, 0.5) is 0 Å². The summed E-state index contributed by atoms with van der Waals surface area (Å²) in [5.41, 5.74) is 1.50. The first kappa shape index (κ1) is 10.8. The highest BCUT2D eigenvalue weighted by Gasteiger charge is 2.13. The Labute approximate surface area is 94.7 Å². The lowest BCUT2D eigenvalue weighted by Crippen LogP contribution is -1.99. The van der Waals surface area contributed by atoms with Crippen molar-refractivity contribution in [2.45, 2.75) is 4.90 Å². The van der Waals surface area contributed by atoms with E-state index in [2.05, 4.69) is 4.98 Å². The summed E-state index contributed by atoms with van der Waals surface area (Å²) in [5, 5.41) is 0. The lowest BCUT2D eigenvalue weighted by molar-refractivity contribution is 0.602. The maximum absolute atomic E-state index is 11.6. The van der Waals surface area contributed by atoms with E-state index < -0.39 is 9.84 Å². The molecular weight excluding hydrogens is 222 g/mol. The van der Waals surface area contributed by atoms with Gasteiger partial charge in [0, 0.05) is 29.8 Å². The van der Waals surface area contributed by atoms with Crippen LogP contribution >= 0.6 is 0 Å². The highest BCUT2D eigenvalue weighted by molar-refractivity contribution is 7.90. The summed E-state index contributed by atoms with van der Waals surface area (Å²) in [4.78, 5) is 4.33. The first-order valence-electron chi connectivity index (χ1n) is 4.78. The fourth-order valence-electron chi connectivity index (χ4n) is 1.55. The molecule has 1 heterocycles. The third kappa shape index (κ3) is 2.12. The van der Waals surface area contributed by atoms with Gasteiger partial charge in [-0.05, 0) is 12.1 Å². The Balaban J connectivity index is 2.68. The van der Waals surface area contributed by atoms with Crippen LogP contribution < -0.4 is 0 Å². The Bertz CT molecular complexity index is 591. The van der Waals surface area contributed by atoms with Crippen LogP contribution in [0.2, 0.25) is 0 Å². The molecule has 0 radical (unpaired) electrons. The van der Waals surface area contributed by atoms with E-state index in [-0.39, 0.29) is 0 Å². The molecule has 2 rings (SSSR count). The summed E-state index contributed by atoms with van der Waals surface area (Å²) >= 11 is 0. The molecule has 1 aromatic carbocycles. The van der Waals surface area contributed by atoms with Gasteiger partial charge in [0.15, 0.2) is 9.84 Å². The molecule has 0 saturated carbocycles. The second-order valence-electron chi connectivity index (χ2n) is 3.51. The molecule has 0 unspecified atom stereocenters. The molecule has 0 bridgehead atoms. The van der Waals surface area contributed by atoms with Crippen molar-refractivity contribution in [3.8, 4) is 11.1 Å². The minimum absolute atomic E-state index is 0.336. The molecule has 0 fully saturated rings. The van der Waals surface area contributed by atoms with Gasteiger partial charge >= 0.3 is 0 Å².